The lowest BCUT2D eigenvalue weighted by Crippen LogP contribution is -1.99. The molecule has 68 valence electrons. The third-order valence-electron chi connectivity index (χ3n) is 1.62. The summed E-state index contributed by atoms with van der Waals surface area (Å²) in [4.78, 5) is 0.966. The third-order valence-corrected chi connectivity index (χ3v) is 2.95. The SMILES string of the molecule is CC(C)CC(O)c1ccc(Cl)s1. The van der Waals surface area contributed by atoms with E-state index in [-0.39, 0.29) is 6.10 Å². The lowest BCUT2D eigenvalue weighted by atomic mass is 10.1. The Labute approximate surface area is 82.0 Å². The predicted molar refractivity (Wildman–Crippen MR) is 53.7 cm³/mol. The van der Waals surface area contributed by atoms with Crippen LogP contribution in [0.15, 0.2) is 12.1 Å². The van der Waals surface area contributed by atoms with Gasteiger partial charge in [-0.1, -0.05) is 25.4 Å². The van der Waals surface area contributed by atoms with Crippen molar-refractivity contribution in [1.82, 2.24) is 0 Å². The lowest BCUT2D eigenvalue weighted by Gasteiger charge is -2.10. The highest BCUT2D eigenvalue weighted by molar-refractivity contribution is 7.16. The average molecular weight is 205 g/mol. The van der Waals surface area contributed by atoms with Crippen molar-refractivity contribution >= 4 is 22.9 Å². The van der Waals surface area contributed by atoms with Gasteiger partial charge in [-0.15, -0.1) is 11.3 Å². The van der Waals surface area contributed by atoms with Gasteiger partial charge in [-0.3, -0.25) is 0 Å². The van der Waals surface area contributed by atoms with Crippen LogP contribution in [0, 0.1) is 5.92 Å². The second-order valence-corrected chi connectivity index (χ2v) is 5.03. The minimum atomic E-state index is -0.345. The predicted octanol–water partition coefficient (Wildman–Crippen LogP) is 3.48. The molecule has 0 aliphatic heterocycles. The first-order chi connectivity index (χ1) is 5.59. The molecule has 0 spiro atoms. The summed E-state index contributed by atoms with van der Waals surface area (Å²) in [6, 6.07) is 3.71. The van der Waals surface area contributed by atoms with E-state index in [1.807, 2.05) is 12.1 Å². The Kier molecular flexibility index (Phi) is 3.56. The number of aliphatic hydroxyl groups is 1. The van der Waals surface area contributed by atoms with Crippen LogP contribution in [0.5, 0.6) is 0 Å². The van der Waals surface area contributed by atoms with Crippen LogP contribution < -0.4 is 0 Å². The standard InChI is InChI=1S/C9H13ClOS/c1-6(2)5-7(11)8-3-4-9(10)12-8/h3-4,6-7,11H,5H2,1-2H3. The second-order valence-electron chi connectivity index (χ2n) is 3.29. The highest BCUT2D eigenvalue weighted by Gasteiger charge is 2.11. The summed E-state index contributed by atoms with van der Waals surface area (Å²) in [5.74, 6) is 0.515. The Morgan fingerprint density at radius 1 is 1.50 bits per heavy atom. The average Bonchev–Trinajstić information content (AvgIpc) is 2.34. The van der Waals surface area contributed by atoms with Crippen molar-refractivity contribution in [2.24, 2.45) is 5.92 Å². The van der Waals surface area contributed by atoms with Crippen LogP contribution in [0.25, 0.3) is 0 Å². The number of rotatable bonds is 3. The van der Waals surface area contributed by atoms with Crippen molar-refractivity contribution in [2.75, 3.05) is 0 Å². The molecule has 3 heteroatoms. The van der Waals surface area contributed by atoms with Crippen LogP contribution in [0.4, 0.5) is 0 Å². The van der Waals surface area contributed by atoms with E-state index in [2.05, 4.69) is 13.8 Å². The van der Waals surface area contributed by atoms with E-state index in [0.29, 0.717) is 5.92 Å². The van der Waals surface area contributed by atoms with Gasteiger partial charge in [0.1, 0.15) is 0 Å². The number of thiophene rings is 1. The smallest absolute Gasteiger partial charge is 0.0932 e. The van der Waals surface area contributed by atoms with Crippen molar-refractivity contribution in [2.45, 2.75) is 26.4 Å². The van der Waals surface area contributed by atoms with E-state index in [1.54, 1.807) is 0 Å². The zero-order valence-corrected chi connectivity index (χ0v) is 8.82. The molecule has 0 aliphatic rings. The van der Waals surface area contributed by atoms with Gasteiger partial charge in [0.05, 0.1) is 10.4 Å². The summed E-state index contributed by atoms with van der Waals surface area (Å²) in [5, 5.41) is 9.66. The number of hydrogen-bond acceptors (Lipinski definition) is 2. The quantitative estimate of drug-likeness (QED) is 0.800. The molecule has 1 N–H and O–H groups in total. The first-order valence-electron chi connectivity index (χ1n) is 4.03. The summed E-state index contributed by atoms with van der Waals surface area (Å²) in [5.41, 5.74) is 0. The fourth-order valence-corrected chi connectivity index (χ4v) is 2.13. The molecule has 1 aromatic heterocycles. The minimum Gasteiger partial charge on any atom is -0.388 e. The van der Waals surface area contributed by atoms with Crippen LogP contribution >= 0.6 is 22.9 Å². The topological polar surface area (TPSA) is 20.2 Å². The molecule has 0 amide bonds. The van der Waals surface area contributed by atoms with Gasteiger partial charge in [-0.2, -0.15) is 0 Å². The Morgan fingerprint density at radius 3 is 2.58 bits per heavy atom. The highest BCUT2D eigenvalue weighted by atomic mass is 35.5. The van der Waals surface area contributed by atoms with Gasteiger partial charge in [0.15, 0.2) is 0 Å². The van der Waals surface area contributed by atoms with Crippen molar-refractivity contribution in [1.29, 1.82) is 0 Å². The second kappa shape index (κ2) is 4.26. The van der Waals surface area contributed by atoms with Gasteiger partial charge in [-0.25, -0.2) is 0 Å². The molecule has 1 aromatic rings. The maximum absolute atomic E-state index is 9.66. The zero-order valence-electron chi connectivity index (χ0n) is 7.25. The molecule has 0 saturated carbocycles. The molecule has 0 aromatic carbocycles. The van der Waals surface area contributed by atoms with Crippen LogP contribution in [0.3, 0.4) is 0 Å². The van der Waals surface area contributed by atoms with Crippen LogP contribution in [-0.4, -0.2) is 5.11 Å². The van der Waals surface area contributed by atoms with Gasteiger partial charge in [0, 0.05) is 4.88 Å². The van der Waals surface area contributed by atoms with Crippen LogP contribution in [0.2, 0.25) is 4.34 Å². The Morgan fingerprint density at radius 2 is 2.17 bits per heavy atom. The zero-order chi connectivity index (χ0) is 9.14. The number of aliphatic hydroxyl groups excluding tert-OH is 1. The molecule has 0 fully saturated rings. The van der Waals surface area contributed by atoms with Gasteiger partial charge in [-0.05, 0) is 24.5 Å². The molecular formula is C9H13ClOS. The fraction of sp³-hybridized carbons (Fsp3) is 0.556. The molecule has 0 bridgehead atoms. The minimum absolute atomic E-state index is 0.345. The molecule has 1 atom stereocenters. The van der Waals surface area contributed by atoms with E-state index in [9.17, 15) is 5.11 Å². The number of hydrogen-bond donors (Lipinski definition) is 1. The molecule has 12 heavy (non-hydrogen) atoms. The van der Waals surface area contributed by atoms with Crippen molar-refractivity contribution in [3.05, 3.63) is 21.3 Å². The van der Waals surface area contributed by atoms with Crippen molar-refractivity contribution in [3.63, 3.8) is 0 Å². The molecule has 0 aliphatic carbocycles. The highest BCUT2D eigenvalue weighted by Crippen LogP contribution is 2.30. The molecular weight excluding hydrogens is 192 g/mol. The van der Waals surface area contributed by atoms with Gasteiger partial charge in [0.2, 0.25) is 0 Å². The summed E-state index contributed by atoms with van der Waals surface area (Å²) in [7, 11) is 0. The first kappa shape index (κ1) is 10.0. The molecule has 1 nitrogen and oxygen atoms in total. The van der Waals surface area contributed by atoms with E-state index in [1.165, 1.54) is 11.3 Å². The van der Waals surface area contributed by atoms with Gasteiger partial charge < -0.3 is 5.11 Å². The Balaban J connectivity index is 2.58. The summed E-state index contributed by atoms with van der Waals surface area (Å²) in [6.45, 7) is 4.19. The van der Waals surface area contributed by atoms with Crippen LogP contribution in [0.1, 0.15) is 31.2 Å². The van der Waals surface area contributed by atoms with E-state index in [4.69, 9.17) is 11.6 Å². The van der Waals surface area contributed by atoms with Crippen LogP contribution in [-0.2, 0) is 0 Å². The fourth-order valence-electron chi connectivity index (χ4n) is 1.07. The summed E-state index contributed by atoms with van der Waals surface area (Å²) >= 11 is 7.20. The largest absolute Gasteiger partial charge is 0.388 e. The van der Waals surface area contributed by atoms with Crippen molar-refractivity contribution < 1.29 is 5.11 Å². The maximum Gasteiger partial charge on any atom is 0.0932 e. The Hall–Kier alpha value is -0.0500. The third kappa shape index (κ3) is 2.77. The molecule has 1 rings (SSSR count). The lowest BCUT2D eigenvalue weighted by molar-refractivity contribution is 0.154. The summed E-state index contributed by atoms with van der Waals surface area (Å²) < 4.78 is 0.743. The molecule has 1 unspecified atom stereocenters. The molecule has 1 heterocycles. The molecule has 0 radical (unpaired) electrons. The number of halogens is 1. The summed E-state index contributed by atoms with van der Waals surface area (Å²) in [6.07, 6.45) is 0.458. The normalized spacial score (nSPS) is 13.8. The first-order valence-corrected chi connectivity index (χ1v) is 5.22. The Bertz CT molecular complexity index is 244. The van der Waals surface area contributed by atoms with Gasteiger partial charge >= 0.3 is 0 Å². The maximum atomic E-state index is 9.66. The molecule has 0 saturated heterocycles. The van der Waals surface area contributed by atoms with E-state index >= 15 is 0 Å². The van der Waals surface area contributed by atoms with E-state index < -0.39 is 0 Å². The van der Waals surface area contributed by atoms with Gasteiger partial charge in [0.25, 0.3) is 0 Å². The van der Waals surface area contributed by atoms with Crippen molar-refractivity contribution in [3.8, 4) is 0 Å². The van der Waals surface area contributed by atoms with E-state index in [0.717, 1.165) is 15.6 Å². The monoisotopic (exact) mass is 204 g/mol.